The summed E-state index contributed by atoms with van der Waals surface area (Å²) in [6.07, 6.45) is 0. The van der Waals surface area contributed by atoms with Crippen LogP contribution in [0.1, 0.15) is 26.3 Å². The fraction of sp³-hybridized carbons (Fsp3) is 0.562. The van der Waals surface area contributed by atoms with Gasteiger partial charge in [-0.3, -0.25) is 9.69 Å². The molecule has 0 aromatic heterocycles. The number of nitrogens with zero attached hydrogens (tertiary/aromatic N) is 1. The second-order valence-corrected chi connectivity index (χ2v) is 4.98. The van der Waals surface area contributed by atoms with E-state index in [4.69, 9.17) is 14.2 Å². The minimum atomic E-state index is -0.215. The van der Waals surface area contributed by atoms with E-state index in [-0.39, 0.29) is 18.6 Å². The predicted octanol–water partition coefficient (Wildman–Crippen LogP) is 2.48. The summed E-state index contributed by atoms with van der Waals surface area (Å²) in [6.45, 7) is 7.15. The number of rotatable bonds is 8. The largest absolute Gasteiger partial charge is 0.497 e. The molecule has 5 heteroatoms. The second-order valence-electron chi connectivity index (χ2n) is 4.98. The summed E-state index contributed by atoms with van der Waals surface area (Å²) in [7, 11) is 3.26. The molecule has 1 aromatic carbocycles. The molecular weight excluding hydrogens is 270 g/mol. The van der Waals surface area contributed by atoms with Crippen molar-refractivity contribution in [1.82, 2.24) is 4.90 Å². The van der Waals surface area contributed by atoms with Crippen LogP contribution in [0, 0.1) is 0 Å². The number of ether oxygens (including phenoxy) is 3. The number of methoxy groups -OCH3 is 2. The van der Waals surface area contributed by atoms with Gasteiger partial charge in [-0.15, -0.1) is 0 Å². The van der Waals surface area contributed by atoms with Crippen LogP contribution in [0.3, 0.4) is 0 Å². The van der Waals surface area contributed by atoms with Crippen molar-refractivity contribution in [3.05, 3.63) is 23.8 Å². The summed E-state index contributed by atoms with van der Waals surface area (Å²) in [5.41, 5.74) is 0.981. The number of hydrogen-bond donors (Lipinski definition) is 0. The first-order valence-electron chi connectivity index (χ1n) is 7.12. The first kappa shape index (κ1) is 17.3. The second kappa shape index (κ2) is 8.52. The Morgan fingerprint density at radius 3 is 2.48 bits per heavy atom. The van der Waals surface area contributed by atoms with E-state index in [2.05, 4.69) is 0 Å². The molecule has 0 radical (unpaired) electrons. The Hall–Kier alpha value is -1.75. The summed E-state index contributed by atoms with van der Waals surface area (Å²) in [5.74, 6) is 1.34. The molecule has 1 rings (SSSR count). The predicted molar refractivity (Wildman–Crippen MR) is 81.7 cm³/mol. The zero-order chi connectivity index (χ0) is 15.8. The highest BCUT2D eigenvalue weighted by atomic mass is 16.5. The van der Waals surface area contributed by atoms with Crippen molar-refractivity contribution in [3.63, 3.8) is 0 Å². The maximum Gasteiger partial charge on any atom is 0.320 e. The summed E-state index contributed by atoms with van der Waals surface area (Å²) < 4.78 is 15.7. The highest BCUT2D eigenvalue weighted by Gasteiger charge is 2.17. The summed E-state index contributed by atoms with van der Waals surface area (Å²) in [6, 6.07) is 5.87. The third-order valence-electron chi connectivity index (χ3n) is 3.23. The first-order valence-corrected chi connectivity index (χ1v) is 7.12. The van der Waals surface area contributed by atoms with E-state index in [0.29, 0.717) is 13.2 Å². The van der Waals surface area contributed by atoms with Crippen LogP contribution in [0.4, 0.5) is 0 Å². The van der Waals surface area contributed by atoms with E-state index < -0.39 is 0 Å². The lowest BCUT2D eigenvalue weighted by atomic mass is 10.1. The average molecular weight is 295 g/mol. The molecule has 0 N–H and O–H groups in total. The molecule has 5 nitrogen and oxygen atoms in total. The summed E-state index contributed by atoms with van der Waals surface area (Å²) >= 11 is 0. The van der Waals surface area contributed by atoms with E-state index >= 15 is 0 Å². The molecule has 1 aromatic rings. The molecule has 0 spiro atoms. The SMILES string of the molecule is CCOC(=O)CN(Cc1cc(OC)ccc1OC)C(C)C. The topological polar surface area (TPSA) is 48.0 Å². The van der Waals surface area contributed by atoms with E-state index in [0.717, 1.165) is 17.1 Å². The van der Waals surface area contributed by atoms with Gasteiger partial charge in [0.05, 0.1) is 27.4 Å². The van der Waals surface area contributed by atoms with Crippen LogP contribution in [0.5, 0.6) is 11.5 Å². The van der Waals surface area contributed by atoms with Crippen LogP contribution < -0.4 is 9.47 Å². The van der Waals surface area contributed by atoms with Gasteiger partial charge in [0.2, 0.25) is 0 Å². The number of esters is 1. The molecule has 0 amide bonds. The molecule has 118 valence electrons. The normalized spacial score (nSPS) is 10.8. The van der Waals surface area contributed by atoms with Gasteiger partial charge in [-0.05, 0) is 39.0 Å². The van der Waals surface area contributed by atoms with Crippen LogP contribution in [-0.2, 0) is 16.1 Å². The van der Waals surface area contributed by atoms with Gasteiger partial charge < -0.3 is 14.2 Å². The van der Waals surface area contributed by atoms with Crippen molar-refractivity contribution in [2.24, 2.45) is 0 Å². The van der Waals surface area contributed by atoms with E-state index in [1.807, 2.05) is 43.9 Å². The van der Waals surface area contributed by atoms with Gasteiger partial charge in [0.25, 0.3) is 0 Å². The highest BCUT2D eigenvalue weighted by Crippen LogP contribution is 2.25. The third kappa shape index (κ3) is 5.27. The Labute approximate surface area is 126 Å². The van der Waals surface area contributed by atoms with E-state index in [1.165, 1.54) is 0 Å². The van der Waals surface area contributed by atoms with Gasteiger partial charge in [0.15, 0.2) is 0 Å². The lowest BCUT2D eigenvalue weighted by Crippen LogP contribution is -2.36. The Morgan fingerprint density at radius 2 is 1.95 bits per heavy atom. The van der Waals surface area contributed by atoms with Gasteiger partial charge >= 0.3 is 5.97 Å². The molecule has 0 bridgehead atoms. The van der Waals surface area contributed by atoms with Crippen molar-refractivity contribution in [3.8, 4) is 11.5 Å². The molecule has 0 saturated carbocycles. The Kier molecular flexibility index (Phi) is 7.02. The fourth-order valence-electron chi connectivity index (χ4n) is 2.02. The van der Waals surface area contributed by atoms with Crippen LogP contribution in [0.2, 0.25) is 0 Å². The third-order valence-corrected chi connectivity index (χ3v) is 3.23. The van der Waals surface area contributed by atoms with Crippen LogP contribution in [0.25, 0.3) is 0 Å². The van der Waals surface area contributed by atoms with Crippen molar-refractivity contribution in [1.29, 1.82) is 0 Å². The van der Waals surface area contributed by atoms with Crippen molar-refractivity contribution in [2.75, 3.05) is 27.4 Å². The van der Waals surface area contributed by atoms with Crippen molar-refractivity contribution in [2.45, 2.75) is 33.4 Å². The van der Waals surface area contributed by atoms with Gasteiger partial charge in [-0.1, -0.05) is 0 Å². The standard InChI is InChI=1S/C16H25NO4/c1-6-21-16(18)11-17(12(2)3)10-13-9-14(19-4)7-8-15(13)20-5/h7-9,12H,6,10-11H2,1-5H3. The number of carbonyl (C=O) groups is 1. The molecule has 0 fully saturated rings. The average Bonchev–Trinajstić information content (AvgIpc) is 2.46. The lowest BCUT2D eigenvalue weighted by Gasteiger charge is -2.26. The van der Waals surface area contributed by atoms with E-state index in [9.17, 15) is 4.79 Å². The molecule has 0 aliphatic carbocycles. The van der Waals surface area contributed by atoms with Gasteiger partial charge in [-0.25, -0.2) is 0 Å². The van der Waals surface area contributed by atoms with Crippen molar-refractivity contribution < 1.29 is 19.0 Å². The number of hydrogen-bond acceptors (Lipinski definition) is 5. The highest BCUT2D eigenvalue weighted by molar-refractivity contribution is 5.71. The summed E-state index contributed by atoms with van der Waals surface area (Å²) in [4.78, 5) is 13.7. The smallest absolute Gasteiger partial charge is 0.320 e. The minimum Gasteiger partial charge on any atom is -0.497 e. The van der Waals surface area contributed by atoms with Gasteiger partial charge in [-0.2, -0.15) is 0 Å². The lowest BCUT2D eigenvalue weighted by molar-refractivity contribution is -0.145. The molecule has 0 heterocycles. The minimum absolute atomic E-state index is 0.213. The van der Waals surface area contributed by atoms with Crippen LogP contribution in [0.15, 0.2) is 18.2 Å². The zero-order valence-electron chi connectivity index (χ0n) is 13.5. The van der Waals surface area contributed by atoms with E-state index in [1.54, 1.807) is 14.2 Å². The first-order chi connectivity index (χ1) is 10.0. The van der Waals surface area contributed by atoms with Crippen LogP contribution >= 0.6 is 0 Å². The molecular formula is C16H25NO4. The quantitative estimate of drug-likeness (QED) is 0.690. The Morgan fingerprint density at radius 1 is 1.24 bits per heavy atom. The summed E-state index contributed by atoms with van der Waals surface area (Å²) in [5, 5.41) is 0. The Balaban J connectivity index is 2.89. The maximum absolute atomic E-state index is 11.7. The molecule has 0 atom stereocenters. The fourth-order valence-corrected chi connectivity index (χ4v) is 2.02. The van der Waals surface area contributed by atoms with Crippen LogP contribution in [-0.4, -0.2) is 44.3 Å². The molecule has 0 aliphatic heterocycles. The monoisotopic (exact) mass is 295 g/mol. The number of benzene rings is 1. The van der Waals surface area contributed by atoms with Gasteiger partial charge in [0.1, 0.15) is 11.5 Å². The Bertz CT molecular complexity index is 460. The molecule has 0 aliphatic rings. The molecule has 0 saturated heterocycles. The zero-order valence-corrected chi connectivity index (χ0v) is 13.5. The molecule has 21 heavy (non-hydrogen) atoms. The maximum atomic E-state index is 11.7. The van der Waals surface area contributed by atoms with Gasteiger partial charge in [0, 0.05) is 18.2 Å². The molecule has 0 unspecified atom stereocenters. The van der Waals surface area contributed by atoms with Crippen molar-refractivity contribution >= 4 is 5.97 Å². The number of carbonyl (C=O) groups excluding carboxylic acids is 1.